The van der Waals surface area contributed by atoms with Gasteiger partial charge in [0.15, 0.2) is 0 Å². The van der Waals surface area contributed by atoms with E-state index in [1.165, 1.54) is 0 Å². The fraction of sp³-hybridized carbons (Fsp3) is 0.562. The summed E-state index contributed by atoms with van der Waals surface area (Å²) in [6, 6.07) is 8.00. The van der Waals surface area contributed by atoms with Gasteiger partial charge >= 0.3 is 0 Å². The Labute approximate surface area is 126 Å². The van der Waals surface area contributed by atoms with Gasteiger partial charge in [0.1, 0.15) is 0 Å². The molecular formula is C16H24N2O3. The number of carbonyl (C=O) groups is 1. The van der Waals surface area contributed by atoms with Gasteiger partial charge in [0.2, 0.25) is 5.91 Å². The van der Waals surface area contributed by atoms with Crippen molar-refractivity contribution < 1.29 is 14.3 Å². The van der Waals surface area contributed by atoms with Crippen LogP contribution < -0.4 is 10.6 Å². The third-order valence-corrected chi connectivity index (χ3v) is 3.62. The maximum atomic E-state index is 12.1. The number of para-hydroxylation sites is 1. The number of benzene rings is 1. The topological polar surface area (TPSA) is 59.6 Å². The van der Waals surface area contributed by atoms with Crippen LogP contribution in [-0.2, 0) is 20.8 Å². The van der Waals surface area contributed by atoms with E-state index in [2.05, 4.69) is 10.6 Å². The molecule has 1 fully saturated rings. The quantitative estimate of drug-likeness (QED) is 0.752. The van der Waals surface area contributed by atoms with Gasteiger partial charge in [-0.15, -0.1) is 0 Å². The average molecular weight is 292 g/mol. The molecule has 0 aliphatic carbocycles. The van der Waals surface area contributed by atoms with Crippen molar-refractivity contribution in [2.24, 2.45) is 5.92 Å². The Hall–Kier alpha value is -1.59. The van der Waals surface area contributed by atoms with E-state index >= 15 is 0 Å². The summed E-state index contributed by atoms with van der Waals surface area (Å²) in [5.74, 6) is 0.0776. The Bertz CT molecular complexity index is 445. The van der Waals surface area contributed by atoms with Gasteiger partial charge in [-0.1, -0.05) is 18.2 Å². The van der Waals surface area contributed by atoms with Crippen LogP contribution in [0.4, 0.5) is 5.69 Å². The zero-order chi connectivity index (χ0) is 14.9. The van der Waals surface area contributed by atoms with Crippen LogP contribution in [0.1, 0.15) is 18.4 Å². The molecule has 1 saturated heterocycles. The van der Waals surface area contributed by atoms with Crippen molar-refractivity contribution in [1.82, 2.24) is 5.32 Å². The first-order chi connectivity index (χ1) is 10.3. The molecule has 1 aromatic rings. The molecule has 0 saturated carbocycles. The van der Waals surface area contributed by atoms with Crippen LogP contribution in [0.5, 0.6) is 0 Å². The van der Waals surface area contributed by atoms with E-state index < -0.39 is 0 Å². The monoisotopic (exact) mass is 292 g/mol. The molecule has 0 spiro atoms. The predicted molar refractivity (Wildman–Crippen MR) is 82.2 cm³/mol. The van der Waals surface area contributed by atoms with Crippen LogP contribution in [-0.4, -0.2) is 39.4 Å². The maximum Gasteiger partial charge on any atom is 0.225 e. The fourth-order valence-corrected chi connectivity index (χ4v) is 2.41. The van der Waals surface area contributed by atoms with Gasteiger partial charge in [-0.05, 0) is 24.5 Å². The van der Waals surface area contributed by atoms with Gasteiger partial charge in [0.05, 0.1) is 19.1 Å². The highest BCUT2D eigenvalue weighted by atomic mass is 16.5. The van der Waals surface area contributed by atoms with Gasteiger partial charge in [-0.25, -0.2) is 0 Å². The molecule has 5 heteroatoms. The van der Waals surface area contributed by atoms with Gasteiger partial charge in [0.25, 0.3) is 0 Å². The maximum absolute atomic E-state index is 12.1. The van der Waals surface area contributed by atoms with Crippen LogP contribution in [0.15, 0.2) is 24.3 Å². The molecule has 1 aromatic carbocycles. The first-order valence-electron chi connectivity index (χ1n) is 7.47. The number of hydrogen-bond donors (Lipinski definition) is 2. The number of ether oxygens (including phenoxy) is 2. The number of rotatable bonds is 7. The van der Waals surface area contributed by atoms with Crippen LogP contribution in [0.2, 0.25) is 0 Å². The van der Waals surface area contributed by atoms with Crippen LogP contribution in [0.25, 0.3) is 0 Å². The van der Waals surface area contributed by atoms with Crippen molar-refractivity contribution in [2.45, 2.75) is 19.4 Å². The molecule has 116 valence electrons. The molecule has 1 unspecified atom stereocenters. The molecule has 1 aliphatic rings. The molecule has 1 atom stereocenters. The molecule has 1 amide bonds. The average Bonchev–Trinajstić information content (AvgIpc) is 2.54. The molecule has 1 heterocycles. The number of anilines is 1. The largest absolute Gasteiger partial charge is 0.383 e. The van der Waals surface area contributed by atoms with Gasteiger partial charge in [0, 0.05) is 32.5 Å². The Balaban J connectivity index is 1.85. The van der Waals surface area contributed by atoms with E-state index in [0.717, 1.165) is 37.2 Å². The number of carbonyl (C=O) groups excluding carboxylic acids is 1. The van der Waals surface area contributed by atoms with Crippen molar-refractivity contribution in [3.05, 3.63) is 29.8 Å². The number of amides is 1. The molecule has 2 rings (SSSR count). The standard InChI is InChI=1S/C16H24N2O3/c1-20-10-8-17-15-7-3-2-5-13(15)11-18-16(19)14-6-4-9-21-12-14/h2-3,5,7,14,17H,4,6,8-12H2,1H3,(H,18,19). The lowest BCUT2D eigenvalue weighted by Crippen LogP contribution is -2.35. The third kappa shape index (κ3) is 5.02. The SMILES string of the molecule is COCCNc1ccccc1CNC(=O)C1CCCOC1. The van der Waals surface area contributed by atoms with Crippen molar-refractivity contribution >= 4 is 11.6 Å². The first kappa shape index (κ1) is 15.8. The zero-order valence-corrected chi connectivity index (χ0v) is 12.6. The Kier molecular flexibility index (Phi) is 6.50. The number of nitrogens with one attached hydrogen (secondary N) is 2. The number of methoxy groups -OCH3 is 1. The predicted octanol–water partition coefficient (Wildman–Crippen LogP) is 1.79. The summed E-state index contributed by atoms with van der Waals surface area (Å²) in [7, 11) is 1.68. The van der Waals surface area contributed by atoms with E-state index in [1.807, 2.05) is 24.3 Å². The van der Waals surface area contributed by atoms with Crippen molar-refractivity contribution in [3.63, 3.8) is 0 Å². The molecule has 0 bridgehead atoms. The van der Waals surface area contributed by atoms with Crippen molar-refractivity contribution in [1.29, 1.82) is 0 Å². The Morgan fingerprint density at radius 3 is 3.05 bits per heavy atom. The lowest BCUT2D eigenvalue weighted by Gasteiger charge is -2.21. The molecule has 5 nitrogen and oxygen atoms in total. The van der Waals surface area contributed by atoms with Gasteiger partial charge in [-0.2, -0.15) is 0 Å². The van der Waals surface area contributed by atoms with Crippen LogP contribution in [0, 0.1) is 5.92 Å². The zero-order valence-electron chi connectivity index (χ0n) is 12.6. The highest BCUT2D eigenvalue weighted by Crippen LogP contribution is 2.16. The summed E-state index contributed by atoms with van der Waals surface area (Å²) in [5.41, 5.74) is 2.12. The molecule has 2 N–H and O–H groups in total. The van der Waals surface area contributed by atoms with Gasteiger partial charge in [-0.3, -0.25) is 4.79 Å². The Morgan fingerprint density at radius 1 is 1.43 bits per heavy atom. The normalized spacial score (nSPS) is 18.2. The van der Waals surface area contributed by atoms with E-state index in [1.54, 1.807) is 7.11 Å². The van der Waals surface area contributed by atoms with E-state index in [4.69, 9.17) is 9.47 Å². The second kappa shape index (κ2) is 8.64. The highest BCUT2D eigenvalue weighted by Gasteiger charge is 2.21. The summed E-state index contributed by atoms with van der Waals surface area (Å²) < 4.78 is 10.4. The Morgan fingerprint density at radius 2 is 2.29 bits per heavy atom. The molecule has 0 aromatic heterocycles. The summed E-state index contributed by atoms with van der Waals surface area (Å²) in [6.45, 7) is 3.25. The molecule has 21 heavy (non-hydrogen) atoms. The van der Waals surface area contributed by atoms with E-state index in [0.29, 0.717) is 19.8 Å². The smallest absolute Gasteiger partial charge is 0.225 e. The van der Waals surface area contributed by atoms with E-state index in [-0.39, 0.29) is 11.8 Å². The third-order valence-electron chi connectivity index (χ3n) is 3.62. The summed E-state index contributed by atoms with van der Waals surface area (Å²) in [4.78, 5) is 12.1. The lowest BCUT2D eigenvalue weighted by molar-refractivity contribution is -0.129. The molecular weight excluding hydrogens is 268 g/mol. The van der Waals surface area contributed by atoms with Crippen LogP contribution >= 0.6 is 0 Å². The summed E-state index contributed by atoms with van der Waals surface area (Å²) >= 11 is 0. The molecule has 0 radical (unpaired) electrons. The number of hydrogen-bond acceptors (Lipinski definition) is 4. The summed E-state index contributed by atoms with van der Waals surface area (Å²) in [6.07, 6.45) is 1.88. The fourth-order valence-electron chi connectivity index (χ4n) is 2.41. The minimum absolute atomic E-state index is 0.00707. The molecule has 1 aliphatic heterocycles. The van der Waals surface area contributed by atoms with Crippen molar-refractivity contribution in [2.75, 3.05) is 38.8 Å². The minimum atomic E-state index is -0.00707. The van der Waals surface area contributed by atoms with Crippen molar-refractivity contribution in [3.8, 4) is 0 Å². The summed E-state index contributed by atoms with van der Waals surface area (Å²) in [5, 5.41) is 6.33. The second-order valence-corrected chi connectivity index (χ2v) is 5.21. The lowest BCUT2D eigenvalue weighted by atomic mass is 10.0. The second-order valence-electron chi connectivity index (χ2n) is 5.21. The highest BCUT2D eigenvalue weighted by molar-refractivity contribution is 5.79. The first-order valence-corrected chi connectivity index (χ1v) is 7.47. The van der Waals surface area contributed by atoms with E-state index in [9.17, 15) is 4.79 Å². The minimum Gasteiger partial charge on any atom is -0.383 e. The van der Waals surface area contributed by atoms with Gasteiger partial charge < -0.3 is 20.1 Å². The van der Waals surface area contributed by atoms with Crippen LogP contribution in [0.3, 0.4) is 0 Å².